The molecular weight excluding hydrogens is 348 g/mol. The highest BCUT2D eigenvalue weighted by molar-refractivity contribution is 5.96. The van der Waals surface area contributed by atoms with Gasteiger partial charge in [-0.2, -0.15) is 0 Å². The number of hydrazine groups is 1. The lowest BCUT2D eigenvalue weighted by Gasteiger charge is -2.10. The van der Waals surface area contributed by atoms with Crippen molar-refractivity contribution in [3.63, 3.8) is 0 Å². The second kappa shape index (κ2) is 9.96. The Morgan fingerprint density at radius 1 is 0.963 bits per heavy atom. The third-order valence-corrected chi connectivity index (χ3v) is 3.60. The average Bonchev–Trinajstić information content (AvgIpc) is 2.69. The minimum Gasteiger partial charge on any atom is -0.484 e. The summed E-state index contributed by atoms with van der Waals surface area (Å²) in [4.78, 5) is 35.5. The first-order chi connectivity index (χ1) is 13.0. The fourth-order valence-corrected chi connectivity index (χ4v) is 2.17. The summed E-state index contributed by atoms with van der Waals surface area (Å²) in [5.74, 6) is -0.901. The number of ether oxygens (including phenoxy) is 2. The lowest BCUT2D eigenvalue weighted by molar-refractivity contribution is -0.123. The van der Waals surface area contributed by atoms with Crippen LogP contribution in [0.3, 0.4) is 0 Å². The predicted molar refractivity (Wildman–Crippen MR) is 99.3 cm³/mol. The largest absolute Gasteiger partial charge is 0.484 e. The molecule has 2 amide bonds. The second-order valence-electron chi connectivity index (χ2n) is 5.77. The van der Waals surface area contributed by atoms with E-state index in [2.05, 4.69) is 10.9 Å². The van der Waals surface area contributed by atoms with Crippen LogP contribution in [0.2, 0.25) is 0 Å². The number of benzene rings is 2. The molecule has 0 bridgehead atoms. The zero-order chi connectivity index (χ0) is 19.6. The maximum Gasteiger partial charge on any atom is 0.338 e. The molecule has 7 nitrogen and oxygen atoms in total. The fourth-order valence-electron chi connectivity index (χ4n) is 2.17. The van der Waals surface area contributed by atoms with Gasteiger partial charge in [-0.15, -0.1) is 0 Å². The highest BCUT2D eigenvalue weighted by Crippen LogP contribution is 2.13. The van der Waals surface area contributed by atoms with Crippen molar-refractivity contribution in [2.45, 2.75) is 20.3 Å². The number of rotatable bonds is 7. The number of carbonyl (C=O) groups excluding carboxylic acids is 3. The van der Waals surface area contributed by atoms with Crippen LogP contribution in [-0.2, 0) is 9.53 Å². The van der Waals surface area contributed by atoms with E-state index < -0.39 is 17.8 Å². The molecule has 0 fully saturated rings. The molecule has 0 spiro atoms. The highest BCUT2D eigenvalue weighted by Gasteiger charge is 2.10. The molecule has 0 heterocycles. The van der Waals surface area contributed by atoms with Crippen molar-refractivity contribution < 1.29 is 23.9 Å². The van der Waals surface area contributed by atoms with Gasteiger partial charge in [0.25, 0.3) is 11.8 Å². The maximum atomic E-state index is 12.0. The van der Waals surface area contributed by atoms with Gasteiger partial charge in [-0.25, -0.2) is 4.79 Å². The standard InChI is InChI=1S/C20H22N2O5/c1-3-12-26-20(25)15-8-10-16(11-9-15)27-13-18(23)21-22-19(24)17-7-5-4-6-14(17)2/h4-11H,3,12-13H2,1-2H3,(H,21,23)(H,22,24). The Bertz CT molecular complexity index is 802. The maximum absolute atomic E-state index is 12.0. The summed E-state index contributed by atoms with van der Waals surface area (Å²) in [6, 6.07) is 13.3. The monoisotopic (exact) mass is 370 g/mol. The molecule has 0 atom stereocenters. The number of hydrogen-bond acceptors (Lipinski definition) is 5. The van der Waals surface area contributed by atoms with Crippen LogP contribution in [0.5, 0.6) is 5.75 Å². The normalized spacial score (nSPS) is 10.0. The molecule has 0 aliphatic carbocycles. The van der Waals surface area contributed by atoms with Crippen molar-refractivity contribution >= 4 is 17.8 Å². The van der Waals surface area contributed by atoms with Crippen LogP contribution in [0, 0.1) is 6.92 Å². The Balaban J connectivity index is 1.77. The third-order valence-electron chi connectivity index (χ3n) is 3.60. The Morgan fingerprint density at radius 3 is 2.33 bits per heavy atom. The van der Waals surface area contributed by atoms with Crippen LogP contribution in [0.4, 0.5) is 0 Å². The molecule has 0 unspecified atom stereocenters. The summed E-state index contributed by atoms with van der Waals surface area (Å²) in [5.41, 5.74) is 6.32. The van der Waals surface area contributed by atoms with Gasteiger partial charge in [-0.05, 0) is 49.2 Å². The Kier molecular flexibility index (Phi) is 7.37. The van der Waals surface area contributed by atoms with E-state index >= 15 is 0 Å². The minimum atomic E-state index is -0.511. The molecule has 2 aromatic rings. The first-order valence-corrected chi connectivity index (χ1v) is 8.56. The first-order valence-electron chi connectivity index (χ1n) is 8.56. The van der Waals surface area contributed by atoms with Crippen molar-refractivity contribution in [1.29, 1.82) is 0 Å². The molecule has 7 heteroatoms. The van der Waals surface area contributed by atoms with E-state index in [0.29, 0.717) is 23.5 Å². The lowest BCUT2D eigenvalue weighted by atomic mass is 10.1. The Labute approximate surface area is 157 Å². The van der Waals surface area contributed by atoms with E-state index in [1.165, 1.54) is 0 Å². The van der Waals surface area contributed by atoms with Crippen LogP contribution in [0.25, 0.3) is 0 Å². The summed E-state index contributed by atoms with van der Waals surface area (Å²) in [6.45, 7) is 3.80. The summed E-state index contributed by atoms with van der Waals surface area (Å²) < 4.78 is 10.4. The first kappa shape index (κ1) is 20.0. The second-order valence-corrected chi connectivity index (χ2v) is 5.77. The van der Waals surface area contributed by atoms with Crippen LogP contribution in [-0.4, -0.2) is 31.0 Å². The van der Waals surface area contributed by atoms with E-state index in [0.717, 1.165) is 12.0 Å². The molecule has 0 saturated heterocycles. The van der Waals surface area contributed by atoms with E-state index in [4.69, 9.17) is 9.47 Å². The van der Waals surface area contributed by atoms with Crippen LogP contribution in [0.15, 0.2) is 48.5 Å². The van der Waals surface area contributed by atoms with E-state index in [1.807, 2.05) is 26.0 Å². The van der Waals surface area contributed by atoms with Crippen molar-refractivity contribution in [3.8, 4) is 5.75 Å². The van der Waals surface area contributed by atoms with Gasteiger partial charge in [0, 0.05) is 5.56 Å². The van der Waals surface area contributed by atoms with Crippen molar-refractivity contribution in [2.24, 2.45) is 0 Å². The van der Waals surface area contributed by atoms with Gasteiger partial charge in [0.05, 0.1) is 12.2 Å². The zero-order valence-corrected chi connectivity index (χ0v) is 15.3. The number of nitrogens with one attached hydrogen (secondary N) is 2. The van der Waals surface area contributed by atoms with E-state index in [-0.39, 0.29) is 6.61 Å². The van der Waals surface area contributed by atoms with Gasteiger partial charge >= 0.3 is 5.97 Å². The molecule has 0 aromatic heterocycles. The van der Waals surface area contributed by atoms with Crippen LogP contribution < -0.4 is 15.6 Å². The zero-order valence-electron chi connectivity index (χ0n) is 15.3. The van der Waals surface area contributed by atoms with Crippen LogP contribution >= 0.6 is 0 Å². The molecule has 142 valence electrons. The molecular formula is C20H22N2O5. The van der Waals surface area contributed by atoms with Gasteiger partial charge in [0.1, 0.15) is 5.75 Å². The number of aryl methyl sites for hydroxylation is 1. The van der Waals surface area contributed by atoms with Gasteiger partial charge in [0.15, 0.2) is 6.61 Å². The number of hydrogen-bond donors (Lipinski definition) is 2. The smallest absolute Gasteiger partial charge is 0.338 e. The van der Waals surface area contributed by atoms with Crippen molar-refractivity contribution in [1.82, 2.24) is 10.9 Å². The molecule has 2 aromatic carbocycles. The molecule has 0 aliphatic heterocycles. The average molecular weight is 370 g/mol. The highest BCUT2D eigenvalue weighted by atomic mass is 16.5. The minimum absolute atomic E-state index is 0.284. The number of esters is 1. The Hall–Kier alpha value is -3.35. The van der Waals surface area contributed by atoms with E-state index in [9.17, 15) is 14.4 Å². The topological polar surface area (TPSA) is 93.7 Å². The predicted octanol–water partition coefficient (Wildman–Crippen LogP) is 2.40. The molecule has 0 radical (unpaired) electrons. The third kappa shape index (κ3) is 6.14. The number of carbonyl (C=O) groups is 3. The molecule has 27 heavy (non-hydrogen) atoms. The quantitative estimate of drug-likeness (QED) is 0.577. The molecule has 2 N–H and O–H groups in total. The van der Waals surface area contributed by atoms with Crippen molar-refractivity contribution in [2.75, 3.05) is 13.2 Å². The van der Waals surface area contributed by atoms with Crippen molar-refractivity contribution in [3.05, 3.63) is 65.2 Å². The van der Waals surface area contributed by atoms with Crippen LogP contribution in [0.1, 0.15) is 39.6 Å². The Morgan fingerprint density at radius 2 is 1.67 bits per heavy atom. The van der Waals surface area contributed by atoms with Gasteiger partial charge < -0.3 is 9.47 Å². The summed E-state index contributed by atoms with van der Waals surface area (Å²) >= 11 is 0. The summed E-state index contributed by atoms with van der Waals surface area (Å²) in [6.07, 6.45) is 0.752. The number of amides is 2. The molecule has 2 rings (SSSR count). The summed E-state index contributed by atoms with van der Waals surface area (Å²) in [7, 11) is 0. The molecule has 0 saturated carbocycles. The fraction of sp³-hybridized carbons (Fsp3) is 0.250. The van der Waals surface area contributed by atoms with Gasteiger partial charge in [0.2, 0.25) is 0 Å². The lowest BCUT2D eigenvalue weighted by Crippen LogP contribution is -2.44. The van der Waals surface area contributed by atoms with Gasteiger partial charge in [-0.3, -0.25) is 20.4 Å². The molecule has 0 aliphatic rings. The SMILES string of the molecule is CCCOC(=O)c1ccc(OCC(=O)NNC(=O)c2ccccc2C)cc1. The van der Waals surface area contributed by atoms with Gasteiger partial charge in [-0.1, -0.05) is 25.1 Å². The summed E-state index contributed by atoms with van der Waals surface area (Å²) in [5, 5.41) is 0. The van der Waals surface area contributed by atoms with E-state index in [1.54, 1.807) is 36.4 Å².